The van der Waals surface area contributed by atoms with Crippen LogP contribution in [0.1, 0.15) is 31.5 Å². The lowest BCUT2D eigenvalue weighted by atomic mass is 10.1. The number of rotatable bonds is 3. The van der Waals surface area contributed by atoms with Gasteiger partial charge in [-0.25, -0.2) is 4.98 Å². The average Bonchev–Trinajstić information content (AvgIpc) is 2.28. The van der Waals surface area contributed by atoms with Crippen LogP contribution in [-0.2, 0) is 12.8 Å². The van der Waals surface area contributed by atoms with E-state index >= 15 is 0 Å². The summed E-state index contributed by atoms with van der Waals surface area (Å²) >= 11 is 0. The van der Waals surface area contributed by atoms with Crippen LogP contribution in [0.2, 0.25) is 0 Å². The van der Waals surface area contributed by atoms with Crippen molar-refractivity contribution in [3.05, 3.63) is 17.3 Å². The first kappa shape index (κ1) is 11.6. The fourth-order valence-corrected chi connectivity index (χ4v) is 1.93. The number of pyridine rings is 1. The van der Waals surface area contributed by atoms with E-state index in [2.05, 4.69) is 28.8 Å². The van der Waals surface area contributed by atoms with Gasteiger partial charge in [0.1, 0.15) is 5.82 Å². The Hall–Kier alpha value is -1.91. The van der Waals surface area contributed by atoms with Gasteiger partial charge in [0.2, 0.25) is 5.95 Å². The van der Waals surface area contributed by atoms with E-state index in [0.29, 0.717) is 11.5 Å². The Morgan fingerprint density at radius 1 is 1.12 bits per heavy atom. The smallest absolute Gasteiger partial charge is 0.224 e. The molecule has 0 atom stereocenters. The number of hydrogen-bond donors (Lipinski definition) is 2. The van der Waals surface area contributed by atoms with E-state index in [1.807, 2.05) is 6.07 Å². The van der Waals surface area contributed by atoms with Crippen LogP contribution in [0.25, 0.3) is 11.0 Å². The molecule has 0 aliphatic heterocycles. The zero-order valence-corrected chi connectivity index (χ0v) is 10.2. The molecule has 4 N–H and O–H groups in total. The maximum absolute atomic E-state index is 5.83. The molecular formula is C12H17N5. The van der Waals surface area contributed by atoms with E-state index in [0.717, 1.165) is 30.3 Å². The van der Waals surface area contributed by atoms with Crippen molar-refractivity contribution in [3.8, 4) is 0 Å². The van der Waals surface area contributed by atoms with Crippen molar-refractivity contribution in [2.24, 2.45) is 0 Å². The van der Waals surface area contributed by atoms with Crippen LogP contribution in [0.5, 0.6) is 0 Å². The summed E-state index contributed by atoms with van der Waals surface area (Å²) in [7, 11) is 0. The van der Waals surface area contributed by atoms with Crippen molar-refractivity contribution >= 4 is 22.8 Å². The molecule has 0 aliphatic rings. The van der Waals surface area contributed by atoms with Gasteiger partial charge in [-0.05, 0) is 24.5 Å². The number of aryl methyl sites for hydroxylation is 2. The van der Waals surface area contributed by atoms with Crippen molar-refractivity contribution < 1.29 is 0 Å². The van der Waals surface area contributed by atoms with Gasteiger partial charge in [0.25, 0.3) is 0 Å². The summed E-state index contributed by atoms with van der Waals surface area (Å²) in [5.41, 5.74) is 14.3. The van der Waals surface area contributed by atoms with Gasteiger partial charge in [-0.3, -0.25) is 0 Å². The molecule has 0 saturated carbocycles. The van der Waals surface area contributed by atoms with Crippen molar-refractivity contribution in [3.63, 3.8) is 0 Å². The zero-order valence-electron chi connectivity index (χ0n) is 10.2. The lowest BCUT2D eigenvalue weighted by molar-refractivity contribution is 0.862. The number of nitrogens with two attached hydrogens (primary N) is 2. The molecule has 0 saturated heterocycles. The molecule has 5 nitrogen and oxygen atoms in total. The Labute approximate surface area is 100 Å². The third-order valence-corrected chi connectivity index (χ3v) is 2.77. The maximum Gasteiger partial charge on any atom is 0.224 e. The largest absolute Gasteiger partial charge is 0.383 e. The second kappa shape index (κ2) is 4.53. The number of hydrogen-bond acceptors (Lipinski definition) is 5. The first-order valence-corrected chi connectivity index (χ1v) is 5.87. The van der Waals surface area contributed by atoms with E-state index in [1.54, 1.807) is 0 Å². The van der Waals surface area contributed by atoms with Crippen molar-refractivity contribution in [2.75, 3.05) is 11.5 Å². The highest BCUT2D eigenvalue weighted by Crippen LogP contribution is 2.21. The Bertz CT molecular complexity index is 550. The van der Waals surface area contributed by atoms with Crippen molar-refractivity contribution in [1.82, 2.24) is 15.0 Å². The number of aromatic nitrogens is 3. The molecule has 0 fully saturated rings. The molecule has 0 amide bonds. The molecule has 0 aromatic carbocycles. The minimum Gasteiger partial charge on any atom is -0.383 e. The topological polar surface area (TPSA) is 90.7 Å². The molecule has 2 heterocycles. The highest BCUT2D eigenvalue weighted by Gasteiger charge is 2.09. The van der Waals surface area contributed by atoms with E-state index in [1.165, 1.54) is 5.56 Å². The molecule has 0 spiro atoms. The fourth-order valence-electron chi connectivity index (χ4n) is 1.93. The third kappa shape index (κ3) is 2.13. The number of nitrogens with zero attached hydrogens (tertiary/aromatic N) is 3. The van der Waals surface area contributed by atoms with Crippen molar-refractivity contribution in [2.45, 2.75) is 33.1 Å². The quantitative estimate of drug-likeness (QED) is 0.839. The summed E-state index contributed by atoms with van der Waals surface area (Å²) in [5.74, 6) is 0.576. The summed E-state index contributed by atoms with van der Waals surface area (Å²) in [5, 5.41) is 0.788. The van der Waals surface area contributed by atoms with Gasteiger partial charge in [-0.2, -0.15) is 9.97 Å². The predicted octanol–water partition coefficient (Wildman–Crippen LogP) is 1.70. The van der Waals surface area contributed by atoms with Crippen LogP contribution in [0, 0.1) is 0 Å². The number of anilines is 2. The van der Waals surface area contributed by atoms with Gasteiger partial charge in [0, 0.05) is 5.69 Å². The summed E-state index contributed by atoms with van der Waals surface area (Å²) < 4.78 is 0. The zero-order chi connectivity index (χ0) is 12.4. The molecule has 0 bridgehead atoms. The molecule has 90 valence electrons. The van der Waals surface area contributed by atoms with Gasteiger partial charge in [0.05, 0.1) is 5.39 Å². The SMILES string of the molecule is CCCc1nc2nc(N)nc(N)c2cc1CC. The average molecular weight is 231 g/mol. The van der Waals surface area contributed by atoms with Gasteiger partial charge in [0.15, 0.2) is 5.65 Å². The standard InChI is InChI=1S/C12H17N5/c1-3-5-9-7(4-2)6-8-10(13)16-12(14)17-11(8)15-9/h6H,3-5H2,1-2H3,(H4,13,14,15,16,17). The molecular weight excluding hydrogens is 214 g/mol. The highest BCUT2D eigenvalue weighted by molar-refractivity contribution is 5.86. The van der Waals surface area contributed by atoms with Gasteiger partial charge < -0.3 is 11.5 Å². The van der Waals surface area contributed by atoms with Crippen LogP contribution in [0.15, 0.2) is 6.07 Å². The minimum atomic E-state index is 0.175. The highest BCUT2D eigenvalue weighted by atomic mass is 15.1. The van der Waals surface area contributed by atoms with Crippen LogP contribution in [0.4, 0.5) is 11.8 Å². The van der Waals surface area contributed by atoms with Crippen LogP contribution in [-0.4, -0.2) is 15.0 Å². The maximum atomic E-state index is 5.83. The van der Waals surface area contributed by atoms with Crippen LogP contribution in [0.3, 0.4) is 0 Å². The lowest BCUT2D eigenvalue weighted by Crippen LogP contribution is -2.05. The molecule has 17 heavy (non-hydrogen) atoms. The van der Waals surface area contributed by atoms with Crippen LogP contribution < -0.4 is 11.5 Å². The number of fused-ring (bicyclic) bond motifs is 1. The predicted molar refractivity (Wildman–Crippen MR) is 69.5 cm³/mol. The molecule has 2 aromatic rings. The molecule has 2 aromatic heterocycles. The molecule has 0 radical (unpaired) electrons. The summed E-state index contributed by atoms with van der Waals surface area (Å²) in [6.45, 7) is 4.24. The summed E-state index contributed by atoms with van der Waals surface area (Å²) in [4.78, 5) is 12.6. The molecule has 0 aliphatic carbocycles. The van der Waals surface area contributed by atoms with Gasteiger partial charge in [-0.1, -0.05) is 20.3 Å². The Kier molecular flexibility index (Phi) is 3.08. The fraction of sp³-hybridized carbons (Fsp3) is 0.417. The first-order valence-electron chi connectivity index (χ1n) is 5.87. The summed E-state index contributed by atoms with van der Waals surface area (Å²) in [6, 6.07) is 2.03. The Morgan fingerprint density at radius 3 is 2.53 bits per heavy atom. The van der Waals surface area contributed by atoms with Crippen LogP contribution >= 0.6 is 0 Å². The molecule has 5 heteroatoms. The second-order valence-corrected chi connectivity index (χ2v) is 4.04. The Morgan fingerprint density at radius 2 is 1.88 bits per heavy atom. The lowest BCUT2D eigenvalue weighted by Gasteiger charge is -2.09. The van der Waals surface area contributed by atoms with E-state index in [9.17, 15) is 0 Å². The van der Waals surface area contributed by atoms with E-state index in [4.69, 9.17) is 11.5 Å². The molecule has 0 unspecified atom stereocenters. The Balaban J connectivity index is 2.69. The minimum absolute atomic E-state index is 0.175. The van der Waals surface area contributed by atoms with Gasteiger partial charge in [-0.15, -0.1) is 0 Å². The third-order valence-electron chi connectivity index (χ3n) is 2.77. The normalized spacial score (nSPS) is 10.9. The summed E-state index contributed by atoms with van der Waals surface area (Å²) in [6.07, 6.45) is 2.94. The number of nitrogen functional groups attached to an aromatic ring is 2. The first-order chi connectivity index (χ1) is 8.15. The monoisotopic (exact) mass is 231 g/mol. The van der Waals surface area contributed by atoms with Crippen molar-refractivity contribution in [1.29, 1.82) is 0 Å². The second-order valence-electron chi connectivity index (χ2n) is 4.04. The van der Waals surface area contributed by atoms with E-state index < -0.39 is 0 Å². The molecule has 2 rings (SSSR count). The van der Waals surface area contributed by atoms with Gasteiger partial charge >= 0.3 is 0 Å². The van der Waals surface area contributed by atoms with E-state index in [-0.39, 0.29) is 5.95 Å².